The lowest BCUT2D eigenvalue weighted by molar-refractivity contribution is -0.120. The molecule has 0 saturated heterocycles. The van der Waals surface area contributed by atoms with Crippen molar-refractivity contribution in [3.63, 3.8) is 0 Å². The lowest BCUT2D eigenvalue weighted by Gasteiger charge is -2.12. The Bertz CT molecular complexity index is 1480. The number of ether oxygens (including phenoxy) is 1. The Labute approximate surface area is 221 Å². The molecule has 5 aromatic rings. The minimum absolute atomic E-state index is 0.0341. The van der Waals surface area contributed by atoms with Crippen LogP contribution in [0.1, 0.15) is 17.8 Å². The van der Waals surface area contributed by atoms with Gasteiger partial charge in [0, 0.05) is 6.54 Å². The third kappa shape index (κ3) is 6.19. The summed E-state index contributed by atoms with van der Waals surface area (Å²) in [7, 11) is 0. The summed E-state index contributed by atoms with van der Waals surface area (Å²) in [4.78, 5) is 17.5. The molecule has 1 amide bonds. The predicted molar refractivity (Wildman–Crippen MR) is 149 cm³/mol. The van der Waals surface area contributed by atoms with Crippen LogP contribution < -0.4 is 10.1 Å². The van der Waals surface area contributed by atoms with E-state index in [1.807, 2.05) is 72.8 Å². The van der Waals surface area contributed by atoms with Gasteiger partial charge < -0.3 is 14.6 Å². The van der Waals surface area contributed by atoms with E-state index in [9.17, 15) is 4.79 Å². The van der Waals surface area contributed by atoms with E-state index in [-0.39, 0.29) is 5.91 Å². The molecule has 0 spiro atoms. The van der Waals surface area contributed by atoms with E-state index in [1.54, 1.807) is 0 Å². The number of rotatable bonds is 10. The molecule has 4 aromatic carbocycles. The van der Waals surface area contributed by atoms with Crippen molar-refractivity contribution in [2.75, 3.05) is 6.61 Å². The van der Waals surface area contributed by atoms with Gasteiger partial charge in [-0.05, 0) is 47.4 Å². The van der Waals surface area contributed by atoms with Crippen molar-refractivity contribution in [1.82, 2.24) is 14.9 Å². The van der Waals surface area contributed by atoms with Gasteiger partial charge in [0.15, 0.2) is 0 Å². The number of nitrogens with one attached hydrogen (secondary N) is 1. The molecule has 0 atom stereocenters. The van der Waals surface area contributed by atoms with Gasteiger partial charge in [0.25, 0.3) is 0 Å². The Morgan fingerprint density at radius 2 is 1.54 bits per heavy atom. The van der Waals surface area contributed by atoms with Gasteiger partial charge in [0.05, 0.1) is 35.6 Å². The van der Waals surface area contributed by atoms with Crippen LogP contribution in [0.3, 0.4) is 0 Å². The van der Waals surface area contributed by atoms with E-state index < -0.39 is 0 Å². The first-order valence-electron chi connectivity index (χ1n) is 12.4. The van der Waals surface area contributed by atoms with Crippen molar-refractivity contribution in [2.45, 2.75) is 25.9 Å². The predicted octanol–water partition coefficient (Wildman–Crippen LogP) is 6.68. The summed E-state index contributed by atoms with van der Waals surface area (Å²) < 4.78 is 8.01. The van der Waals surface area contributed by atoms with Crippen LogP contribution >= 0.6 is 11.6 Å². The zero-order chi connectivity index (χ0) is 25.5. The highest BCUT2D eigenvalue weighted by molar-refractivity contribution is 6.32. The number of aromatic nitrogens is 2. The Kier molecular flexibility index (Phi) is 7.82. The molecular formula is C31H28ClN3O2. The monoisotopic (exact) mass is 509 g/mol. The molecule has 1 N–H and O–H groups in total. The Morgan fingerprint density at radius 1 is 0.838 bits per heavy atom. The topological polar surface area (TPSA) is 56.2 Å². The van der Waals surface area contributed by atoms with Crippen molar-refractivity contribution in [3.8, 4) is 16.9 Å². The maximum Gasteiger partial charge on any atom is 0.224 e. The molecule has 1 aromatic heterocycles. The zero-order valence-corrected chi connectivity index (χ0v) is 21.2. The van der Waals surface area contributed by atoms with E-state index in [0.717, 1.165) is 46.5 Å². The third-order valence-corrected chi connectivity index (χ3v) is 6.54. The second-order valence-electron chi connectivity index (χ2n) is 8.82. The number of carbonyl (C=O) groups is 1. The average molecular weight is 510 g/mol. The number of hydrogen-bond donors (Lipinski definition) is 1. The smallest absolute Gasteiger partial charge is 0.224 e. The van der Waals surface area contributed by atoms with Crippen LogP contribution in [0.15, 0.2) is 103 Å². The van der Waals surface area contributed by atoms with Crippen molar-refractivity contribution in [3.05, 3.63) is 120 Å². The first-order valence-corrected chi connectivity index (χ1v) is 12.8. The number of hydrogen-bond acceptors (Lipinski definition) is 3. The van der Waals surface area contributed by atoms with Gasteiger partial charge in [-0.1, -0.05) is 90.5 Å². The van der Waals surface area contributed by atoms with Crippen molar-refractivity contribution in [1.29, 1.82) is 0 Å². The molecule has 0 aliphatic heterocycles. The molecule has 0 bridgehead atoms. The van der Waals surface area contributed by atoms with Gasteiger partial charge in [-0.2, -0.15) is 0 Å². The van der Waals surface area contributed by atoms with Crippen molar-refractivity contribution < 1.29 is 9.53 Å². The van der Waals surface area contributed by atoms with Crippen LogP contribution in [0, 0.1) is 0 Å². The summed E-state index contributed by atoms with van der Waals surface area (Å²) in [6, 6.07) is 33.8. The van der Waals surface area contributed by atoms with E-state index >= 15 is 0 Å². The SMILES string of the molecule is O=C(Cc1ccc(-c2ccccc2)cc1)NCc1nc2ccccc2n1CCCOc1ccccc1Cl. The molecule has 0 saturated carbocycles. The molecule has 6 heteroatoms. The fourth-order valence-electron chi connectivity index (χ4n) is 4.35. The van der Waals surface area contributed by atoms with E-state index in [4.69, 9.17) is 21.3 Å². The molecule has 0 radical (unpaired) electrons. The number of imidazole rings is 1. The molecule has 5 rings (SSSR count). The van der Waals surface area contributed by atoms with Gasteiger partial charge in [-0.25, -0.2) is 4.98 Å². The number of aryl methyl sites for hydroxylation is 1. The fraction of sp³-hybridized carbons (Fsp3) is 0.161. The summed E-state index contributed by atoms with van der Waals surface area (Å²) in [6.07, 6.45) is 1.10. The summed E-state index contributed by atoms with van der Waals surface area (Å²) in [5, 5.41) is 3.65. The van der Waals surface area contributed by atoms with E-state index in [2.05, 4.69) is 40.2 Å². The number of para-hydroxylation sites is 3. The van der Waals surface area contributed by atoms with Crippen LogP contribution in [-0.2, 0) is 24.3 Å². The van der Waals surface area contributed by atoms with Gasteiger partial charge in [-0.15, -0.1) is 0 Å². The Hall–Kier alpha value is -4.09. The fourth-order valence-corrected chi connectivity index (χ4v) is 4.54. The molecule has 1 heterocycles. The Balaban J connectivity index is 1.19. The van der Waals surface area contributed by atoms with E-state index in [1.165, 1.54) is 0 Å². The number of halogens is 1. The average Bonchev–Trinajstić information content (AvgIpc) is 3.29. The second kappa shape index (κ2) is 11.8. The normalized spacial score (nSPS) is 10.9. The molecule has 37 heavy (non-hydrogen) atoms. The number of nitrogens with zero attached hydrogens (tertiary/aromatic N) is 2. The summed E-state index contributed by atoms with van der Waals surface area (Å²) in [6.45, 7) is 1.61. The first-order chi connectivity index (χ1) is 18.2. The highest BCUT2D eigenvalue weighted by Crippen LogP contribution is 2.24. The highest BCUT2D eigenvalue weighted by atomic mass is 35.5. The summed E-state index contributed by atoms with van der Waals surface area (Å²) in [5.74, 6) is 1.48. The quantitative estimate of drug-likeness (QED) is 0.213. The largest absolute Gasteiger partial charge is 0.492 e. The lowest BCUT2D eigenvalue weighted by atomic mass is 10.0. The molecular weight excluding hydrogens is 482 g/mol. The zero-order valence-electron chi connectivity index (χ0n) is 20.4. The number of carbonyl (C=O) groups excluding carboxylic acids is 1. The Morgan fingerprint density at radius 3 is 2.35 bits per heavy atom. The van der Waals surface area contributed by atoms with Crippen LogP contribution in [-0.4, -0.2) is 22.1 Å². The van der Waals surface area contributed by atoms with Crippen molar-refractivity contribution >= 4 is 28.5 Å². The van der Waals surface area contributed by atoms with Crippen LogP contribution in [0.5, 0.6) is 5.75 Å². The minimum atomic E-state index is -0.0341. The number of fused-ring (bicyclic) bond motifs is 1. The standard InChI is InChI=1S/C31H28ClN3O2/c32-26-11-4-7-14-29(26)37-20-8-19-35-28-13-6-5-12-27(28)34-30(35)22-33-31(36)21-23-15-17-25(18-16-23)24-9-2-1-3-10-24/h1-7,9-18H,8,19-22H2,(H,33,36). The van der Waals surface area contributed by atoms with Crippen LogP contribution in [0.4, 0.5) is 0 Å². The maximum absolute atomic E-state index is 12.7. The van der Waals surface area contributed by atoms with E-state index in [0.29, 0.717) is 30.3 Å². The summed E-state index contributed by atoms with van der Waals surface area (Å²) >= 11 is 6.19. The van der Waals surface area contributed by atoms with Crippen LogP contribution in [0.25, 0.3) is 22.2 Å². The lowest BCUT2D eigenvalue weighted by Crippen LogP contribution is -2.26. The molecule has 0 aliphatic rings. The summed E-state index contributed by atoms with van der Waals surface area (Å²) in [5.41, 5.74) is 5.23. The van der Waals surface area contributed by atoms with Gasteiger partial charge in [-0.3, -0.25) is 4.79 Å². The highest BCUT2D eigenvalue weighted by Gasteiger charge is 2.12. The molecule has 186 valence electrons. The third-order valence-electron chi connectivity index (χ3n) is 6.22. The maximum atomic E-state index is 12.7. The minimum Gasteiger partial charge on any atom is -0.492 e. The molecule has 0 fully saturated rings. The first kappa shape index (κ1) is 24.6. The van der Waals surface area contributed by atoms with Crippen molar-refractivity contribution in [2.24, 2.45) is 0 Å². The second-order valence-corrected chi connectivity index (χ2v) is 9.22. The molecule has 0 aliphatic carbocycles. The molecule has 5 nitrogen and oxygen atoms in total. The number of benzene rings is 4. The molecule has 0 unspecified atom stereocenters. The van der Waals surface area contributed by atoms with Crippen LogP contribution in [0.2, 0.25) is 5.02 Å². The van der Waals surface area contributed by atoms with Gasteiger partial charge in [0.1, 0.15) is 11.6 Å². The van der Waals surface area contributed by atoms with Gasteiger partial charge >= 0.3 is 0 Å². The number of amides is 1. The van der Waals surface area contributed by atoms with Gasteiger partial charge in [0.2, 0.25) is 5.91 Å².